The number of rotatable bonds is 4. The highest BCUT2D eigenvalue weighted by atomic mass is 79.9. The van der Waals surface area contributed by atoms with E-state index in [0.29, 0.717) is 12.6 Å². The van der Waals surface area contributed by atoms with Gasteiger partial charge in [0.1, 0.15) is 0 Å². The second-order valence-corrected chi connectivity index (χ2v) is 4.30. The average Bonchev–Trinajstić information content (AvgIpc) is 2.19. The van der Waals surface area contributed by atoms with Gasteiger partial charge in [-0.3, -0.25) is 4.90 Å². The van der Waals surface area contributed by atoms with Crippen LogP contribution in [0.3, 0.4) is 0 Å². The molecule has 78 valence electrons. The van der Waals surface area contributed by atoms with Crippen LogP contribution in [0.5, 0.6) is 0 Å². The van der Waals surface area contributed by atoms with Crippen molar-refractivity contribution < 1.29 is 0 Å². The van der Waals surface area contributed by atoms with Gasteiger partial charge in [-0.05, 0) is 31.3 Å². The Kier molecular flexibility index (Phi) is 4.58. The third-order valence-electron chi connectivity index (χ3n) is 2.49. The minimum absolute atomic E-state index is 0.317. The van der Waals surface area contributed by atoms with Crippen LogP contribution >= 0.6 is 15.9 Å². The van der Waals surface area contributed by atoms with Crippen LogP contribution < -0.4 is 5.73 Å². The topological polar surface area (TPSA) is 29.3 Å². The Morgan fingerprint density at radius 2 is 2.21 bits per heavy atom. The minimum atomic E-state index is 0.317. The van der Waals surface area contributed by atoms with Crippen LogP contribution in [0.4, 0.5) is 0 Å². The molecule has 1 aromatic rings. The molecule has 2 N–H and O–H groups in total. The van der Waals surface area contributed by atoms with E-state index in [0.717, 1.165) is 11.0 Å². The van der Waals surface area contributed by atoms with Crippen LogP contribution in [0.25, 0.3) is 0 Å². The van der Waals surface area contributed by atoms with Crippen LogP contribution in [0.15, 0.2) is 28.7 Å². The maximum Gasteiger partial charge on any atom is 0.0467 e. The third-order valence-corrected chi connectivity index (χ3v) is 2.98. The summed E-state index contributed by atoms with van der Waals surface area (Å²) in [5.41, 5.74) is 7.04. The van der Waals surface area contributed by atoms with E-state index in [1.807, 2.05) is 12.1 Å². The summed E-state index contributed by atoms with van der Waals surface area (Å²) >= 11 is 3.47. The van der Waals surface area contributed by atoms with Crippen molar-refractivity contribution >= 4 is 15.9 Å². The first-order valence-electron chi connectivity index (χ1n) is 4.84. The monoisotopic (exact) mass is 256 g/mol. The van der Waals surface area contributed by atoms with Crippen molar-refractivity contribution in [1.29, 1.82) is 0 Å². The van der Waals surface area contributed by atoms with Gasteiger partial charge >= 0.3 is 0 Å². The maximum absolute atomic E-state index is 5.77. The summed E-state index contributed by atoms with van der Waals surface area (Å²) in [6.07, 6.45) is 0. The summed E-state index contributed by atoms with van der Waals surface area (Å²) in [5.74, 6) is 0. The van der Waals surface area contributed by atoms with Crippen molar-refractivity contribution in [3.05, 3.63) is 34.3 Å². The van der Waals surface area contributed by atoms with Crippen molar-refractivity contribution in [1.82, 2.24) is 4.90 Å². The fourth-order valence-electron chi connectivity index (χ4n) is 1.50. The molecular formula is C11H17BrN2. The molecule has 1 atom stereocenters. The van der Waals surface area contributed by atoms with Gasteiger partial charge in [0.2, 0.25) is 0 Å². The summed E-state index contributed by atoms with van der Waals surface area (Å²) in [6, 6.07) is 8.64. The molecule has 1 unspecified atom stereocenters. The fourth-order valence-corrected chi connectivity index (χ4v) is 1.92. The summed E-state index contributed by atoms with van der Waals surface area (Å²) in [7, 11) is 2.10. The normalized spacial score (nSPS) is 13.2. The van der Waals surface area contributed by atoms with E-state index < -0.39 is 0 Å². The van der Waals surface area contributed by atoms with E-state index in [9.17, 15) is 0 Å². The zero-order valence-corrected chi connectivity index (χ0v) is 10.3. The molecule has 0 amide bonds. The fraction of sp³-hybridized carbons (Fsp3) is 0.455. The van der Waals surface area contributed by atoms with E-state index in [-0.39, 0.29) is 0 Å². The van der Waals surface area contributed by atoms with Crippen LogP contribution in [-0.4, -0.2) is 25.0 Å². The lowest BCUT2D eigenvalue weighted by atomic mass is 10.1. The van der Waals surface area contributed by atoms with Gasteiger partial charge in [-0.2, -0.15) is 0 Å². The Bertz CT molecular complexity index is 288. The Morgan fingerprint density at radius 3 is 2.71 bits per heavy atom. The van der Waals surface area contributed by atoms with Crippen LogP contribution in [-0.2, 0) is 0 Å². The lowest BCUT2D eigenvalue weighted by Gasteiger charge is -2.26. The van der Waals surface area contributed by atoms with E-state index in [1.54, 1.807) is 0 Å². The zero-order chi connectivity index (χ0) is 10.6. The minimum Gasteiger partial charge on any atom is -0.329 e. The summed E-state index contributed by atoms with van der Waals surface area (Å²) in [4.78, 5) is 2.25. The Balaban J connectivity index is 2.89. The van der Waals surface area contributed by atoms with Crippen molar-refractivity contribution in [2.24, 2.45) is 5.73 Å². The largest absolute Gasteiger partial charge is 0.329 e. The molecule has 0 fully saturated rings. The van der Waals surface area contributed by atoms with Crippen molar-refractivity contribution in [2.45, 2.75) is 13.0 Å². The molecule has 0 aromatic heterocycles. The predicted molar refractivity (Wildman–Crippen MR) is 64.2 cm³/mol. The van der Waals surface area contributed by atoms with Gasteiger partial charge in [-0.1, -0.05) is 35.0 Å². The second kappa shape index (κ2) is 5.49. The number of likely N-dealkylation sites (N-methyl/N-ethyl adjacent to an activating group) is 1. The molecule has 0 radical (unpaired) electrons. The van der Waals surface area contributed by atoms with Gasteiger partial charge in [0.05, 0.1) is 0 Å². The summed E-state index contributed by atoms with van der Waals surface area (Å²) < 4.78 is 1.11. The number of hydrogen-bond acceptors (Lipinski definition) is 2. The number of halogens is 1. The Labute approximate surface area is 94.2 Å². The lowest BCUT2D eigenvalue weighted by Crippen LogP contribution is -2.30. The molecule has 0 aliphatic heterocycles. The summed E-state index contributed by atoms with van der Waals surface area (Å²) in [5, 5.41) is 0. The molecular weight excluding hydrogens is 240 g/mol. The molecule has 0 spiro atoms. The Hall–Kier alpha value is -0.380. The predicted octanol–water partition coefficient (Wildman–Crippen LogP) is 2.40. The van der Waals surface area contributed by atoms with E-state index in [4.69, 9.17) is 5.73 Å². The molecule has 2 nitrogen and oxygen atoms in total. The number of benzene rings is 1. The first-order valence-corrected chi connectivity index (χ1v) is 5.64. The van der Waals surface area contributed by atoms with Gasteiger partial charge < -0.3 is 5.73 Å². The number of nitrogens with two attached hydrogens (primary N) is 1. The molecule has 1 aromatic carbocycles. The van der Waals surface area contributed by atoms with E-state index in [2.05, 4.69) is 46.9 Å². The summed E-state index contributed by atoms with van der Waals surface area (Å²) in [6.45, 7) is 3.80. The van der Waals surface area contributed by atoms with E-state index in [1.165, 1.54) is 5.56 Å². The maximum atomic E-state index is 5.77. The molecule has 0 saturated carbocycles. The molecule has 3 heteroatoms. The molecule has 14 heavy (non-hydrogen) atoms. The highest BCUT2D eigenvalue weighted by Crippen LogP contribution is 2.21. The van der Waals surface area contributed by atoms with E-state index >= 15 is 0 Å². The second-order valence-electron chi connectivity index (χ2n) is 3.38. The van der Waals surface area contributed by atoms with Crippen molar-refractivity contribution in [3.8, 4) is 0 Å². The molecule has 0 saturated heterocycles. The molecule has 0 bridgehead atoms. The standard InChI is InChI=1S/C11H17BrN2/c1-3-14(2)11(8-13)9-5-4-6-10(12)7-9/h4-7,11H,3,8,13H2,1-2H3. The van der Waals surface area contributed by atoms with Crippen LogP contribution in [0, 0.1) is 0 Å². The van der Waals surface area contributed by atoms with Crippen molar-refractivity contribution in [3.63, 3.8) is 0 Å². The lowest BCUT2D eigenvalue weighted by molar-refractivity contribution is 0.263. The molecule has 0 aliphatic carbocycles. The van der Waals surface area contributed by atoms with Crippen molar-refractivity contribution in [2.75, 3.05) is 20.1 Å². The van der Waals surface area contributed by atoms with Gasteiger partial charge in [0.25, 0.3) is 0 Å². The Morgan fingerprint density at radius 1 is 1.50 bits per heavy atom. The van der Waals surface area contributed by atoms with Crippen LogP contribution in [0.2, 0.25) is 0 Å². The third kappa shape index (κ3) is 2.80. The molecule has 1 rings (SSSR count). The highest BCUT2D eigenvalue weighted by Gasteiger charge is 2.13. The smallest absolute Gasteiger partial charge is 0.0467 e. The first kappa shape index (κ1) is 11.7. The van der Waals surface area contributed by atoms with Gasteiger partial charge in [0, 0.05) is 17.1 Å². The highest BCUT2D eigenvalue weighted by molar-refractivity contribution is 9.10. The quantitative estimate of drug-likeness (QED) is 0.897. The zero-order valence-electron chi connectivity index (χ0n) is 8.70. The van der Waals surface area contributed by atoms with Gasteiger partial charge in [0.15, 0.2) is 0 Å². The average molecular weight is 257 g/mol. The SMILES string of the molecule is CCN(C)C(CN)c1cccc(Br)c1. The number of hydrogen-bond donors (Lipinski definition) is 1. The van der Waals surface area contributed by atoms with Gasteiger partial charge in [-0.25, -0.2) is 0 Å². The van der Waals surface area contributed by atoms with Gasteiger partial charge in [-0.15, -0.1) is 0 Å². The first-order chi connectivity index (χ1) is 6.69. The van der Waals surface area contributed by atoms with Crippen LogP contribution in [0.1, 0.15) is 18.5 Å². The number of nitrogens with zero attached hydrogens (tertiary/aromatic N) is 1. The molecule has 0 heterocycles. The molecule has 0 aliphatic rings.